The Bertz CT molecular complexity index is 1270. The molecular formula is C20H12Cl2N4O2. The molecule has 2 aromatic carbocycles. The van der Waals surface area contributed by atoms with Crippen LogP contribution in [0.1, 0.15) is 11.1 Å². The number of benzene rings is 2. The molecule has 1 N–H and O–H groups in total. The highest BCUT2D eigenvalue weighted by molar-refractivity contribution is 6.36. The Kier molecular flexibility index (Phi) is 4.78. The van der Waals surface area contributed by atoms with E-state index in [0.29, 0.717) is 21.3 Å². The lowest BCUT2D eigenvalue weighted by Crippen LogP contribution is -2.18. The standard InChI is InChI=1S/C20H12Cl2N4O2/c21-13-6-7-14(16(22)8-13)18-15(9-23)19-24-10-17(20(27)26(19)25-18)28-11-12-4-2-1-3-5-12/h1-8,10,25H,11H2. The van der Waals surface area contributed by atoms with Gasteiger partial charge in [-0.15, -0.1) is 0 Å². The molecule has 0 atom stereocenters. The van der Waals surface area contributed by atoms with Gasteiger partial charge in [-0.05, 0) is 23.8 Å². The first kappa shape index (κ1) is 18.1. The molecule has 0 radical (unpaired) electrons. The highest BCUT2D eigenvalue weighted by Gasteiger charge is 2.19. The monoisotopic (exact) mass is 410 g/mol. The first-order valence-corrected chi connectivity index (χ1v) is 9.00. The van der Waals surface area contributed by atoms with Gasteiger partial charge in [0.05, 0.1) is 16.9 Å². The van der Waals surface area contributed by atoms with E-state index in [1.165, 1.54) is 10.7 Å². The van der Waals surface area contributed by atoms with Crippen LogP contribution >= 0.6 is 23.2 Å². The van der Waals surface area contributed by atoms with Gasteiger partial charge < -0.3 is 4.74 Å². The van der Waals surface area contributed by atoms with Crippen LogP contribution in [0, 0.1) is 11.3 Å². The van der Waals surface area contributed by atoms with Gasteiger partial charge in [0, 0.05) is 10.6 Å². The van der Waals surface area contributed by atoms with E-state index >= 15 is 0 Å². The molecule has 4 rings (SSSR count). The van der Waals surface area contributed by atoms with Crippen LogP contribution in [0.5, 0.6) is 5.75 Å². The van der Waals surface area contributed by atoms with Gasteiger partial charge in [0.2, 0.25) is 5.75 Å². The minimum Gasteiger partial charge on any atom is -0.482 e. The van der Waals surface area contributed by atoms with Crippen LogP contribution in [0.4, 0.5) is 0 Å². The number of aromatic amines is 1. The molecule has 0 aliphatic heterocycles. The SMILES string of the molecule is N#Cc1c(-c2ccc(Cl)cc2Cl)[nH]n2c(=O)c(OCc3ccccc3)cnc12. The second kappa shape index (κ2) is 7.39. The van der Waals surface area contributed by atoms with Crippen molar-refractivity contribution >= 4 is 28.8 Å². The van der Waals surface area contributed by atoms with E-state index in [1.807, 2.05) is 30.3 Å². The predicted molar refractivity (Wildman–Crippen MR) is 107 cm³/mol. The van der Waals surface area contributed by atoms with E-state index in [2.05, 4.69) is 16.2 Å². The third-order valence-electron chi connectivity index (χ3n) is 4.18. The van der Waals surface area contributed by atoms with Crippen LogP contribution in [0.2, 0.25) is 10.0 Å². The molecule has 0 saturated heterocycles. The number of nitrogens with zero attached hydrogens (tertiary/aromatic N) is 3. The van der Waals surface area contributed by atoms with Crippen molar-refractivity contribution in [1.82, 2.24) is 14.6 Å². The number of fused-ring (bicyclic) bond motifs is 1. The van der Waals surface area contributed by atoms with Gasteiger partial charge in [-0.1, -0.05) is 53.5 Å². The normalized spacial score (nSPS) is 10.8. The fraction of sp³-hybridized carbons (Fsp3) is 0.0500. The summed E-state index contributed by atoms with van der Waals surface area (Å²) in [5.74, 6) is 0.0702. The van der Waals surface area contributed by atoms with Crippen molar-refractivity contribution in [2.75, 3.05) is 0 Å². The molecule has 0 aliphatic carbocycles. The summed E-state index contributed by atoms with van der Waals surface area (Å²) in [5, 5.41) is 13.3. The van der Waals surface area contributed by atoms with Gasteiger partial charge in [-0.2, -0.15) is 9.78 Å². The number of H-pyrrole nitrogens is 1. The fourth-order valence-electron chi connectivity index (χ4n) is 2.83. The summed E-state index contributed by atoms with van der Waals surface area (Å²) in [4.78, 5) is 17.0. The number of nitriles is 1. The summed E-state index contributed by atoms with van der Waals surface area (Å²) >= 11 is 12.2. The van der Waals surface area contributed by atoms with Gasteiger partial charge in [0.15, 0.2) is 5.65 Å². The van der Waals surface area contributed by atoms with Crippen LogP contribution in [0.15, 0.2) is 59.5 Å². The Morgan fingerprint density at radius 2 is 1.96 bits per heavy atom. The maximum absolute atomic E-state index is 12.8. The maximum Gasteiger partial charge on any atom is 0.315 e. The van der Waals surface area contributed by atoms with E-state index in [4.69, 9.17) is 27.9 Å². The Balaban J connectivity index is 1.79. The van der Waals surface area contributed by atoms with Gasteiger partial charge in [0.25, 0.3) is 0 Å². The second-order valence-electron chi connectivity index (χ2n) is 5.96. The average Bonchev–Trinajstić information content (AvgIpc) is 3.07. The molecule has 4 aromatic rings. The number of ether oxygens (including phenoxy) is 1. The summed E-state index contributed by atoms with van der Waals surface area (Å²) in [6.45, 7) is 0.228. The van der Waals surface area contributed by atoms with E-state index in [1.54, 1.807) is 18.2 Å². The molecule has 0 unspecified atom stereocenters. The molecule has 0 aliphatic rings. The topological polar surface area (TPSA) is 83.2 Å². The number of halogens is 2. The molecule has 2 aromatic heterocycles. The molecule has 8 heteroatoms. The molecule has 28 heavy (non-hydrogen) atoms. The van der Waals surface area contributed by atoms with Crippen molar-refractivity contribution in [1.29, 1.82) is 5.26 Å². The Hall–Kier alpha value is -3.27. The van der Waals surface area contributed by atoms with Gasteiger partial charge in [-0.3, -0.25) is 9.89 Å². The first-order valence-electron chi connectivity index (χ1n) is 8.24. The molecule has 138 valence electrons. The molecular weight excluding hydrogens is 399 g/mol. The highest BCUT2D eigenvalue weighted by Crippen LogP contribution is 2.32. The van der Waals surface area contributed by atoms with E-state index in [9.17, 15) is 10.1 Å². The fourth-order valence-corrected chi connectivity index (χ4v) is 3.33. The lowest BCUT2D eigenvalue weighted by atomic mass is 10.1. The number of hydrogen-bond donors (Lipinski definition) is 1. The molecule has 0 fully saturated rings. The van der Waals surface area contributed by atoms with Crippen molar-refractivity contribution in [2.24, 2.45) is 0 Å². The molecule has 6 nitrogen and oxygen atoms in total. The largest absolute Gasteiger partial charge is 0.482 e. The quantitative estimate of drug-likeness (QED) is 0.538. The van der Waals surface area contributed by atoms with Crippen molar-refractivity contribution in [3.8, 4) is 23.1 Å². The molecule has 0 bridgehead atoms. The summed E-state index contributed by atoms with van der Waals surface area (Å²) in [6, 6.07) is 16.4. The zero-order valence-electron chi connectivity index (χ0n) is 14.3. The van der Waals surface area contributed by atoms with E-state index < -0.39 is 5.56 Å². The molecule has 0 saturated carbocycles. The zero-order valence-corrected chi connectivity index (χ0v) is 15.8. The molecule has 0 amide bonds. The third kappa shape index (κ3) is 3.22. The summed E-state index contributed by atoms with van der Waals surface area (Å²) < 4.78 is 6.80. The predicted octanol–water partition coefficient (Wildman–Crippen LogP) is 4.45. The van der Waals surface area contributed by atoms with Crippen molar-refractivity contribution in [3.05, 3.63) is 86.3 Å². The van der Waals surface area contributed by atoms with Crippen LogP contribution < -0.4 is 10.3 Å². The van der Waals surface area contributed by atoms with Crippen molar-refractivity contribution in [3.63, 3.8) is 0 Å². The summed E-state index contributed by atoms with van der Waals surface area (Å²) in [7, 11) is 0. The molecule has 2 heterocycles. The second-order valence-corrected chi connectivity index (χ2v) is 6.80. The minimum atomic E-state index is -0.450. The lowest BCUT2D eigenvalue weighted by Gasteiger charge is -2.05. The van der Waals surface area contributed by atoms with Gasteiger partial charge in [-0.25, -0.2) is 4.98 Å². The van der Waals surface area contributed by atoms with E-state index in [0.717, 1.165) is 5.56 Å². The first-order chi connectivity index (χ1) is 13.6. The lowest BCUT2D eigenvalue weighted by molar-refractivity contribution is 0.299. The van der Waals surface area contributed by atoms with Crippen LogP contribution in [0.25, 0.3) is 16.9 Å². The number of hydrogen-bond acceptors (Lipinski definition) is 4. The Morgan fingerprint density at radius 3 is 2.68 bits per heavy atom. The zero-order chi connectivity index (χ0) is 19.7. The summed E-state index contributed by atoms with van der Waals surface area (Å²) in [5.41, 5.74) is 1.79. The third-order valence-corrected chi connectivity index (χ3v) is 4.72. The number of nitrogens with one attached hydrogen (secondary N) is 1. The van der Waals surface area contributed by atoms with Crippen molar-refractivity contribution < 1.29 is 4.74 Å². The van der Waals surface area contributed by atoms with Crippen LogP contribution in [-0.2, 0) is 6.61 Å². The highest BCUT2D eigenvalue weighted by atomic mass is 35.5. The smallest absolute Gasteiger partial charge is 0.315 e. The Morgan fingerprint density at radius 1 is 1.18 bits per heavy atom. The number of rotatable bonds is 4. The van der Waals surface area contributed by atoms with E-state index in [-0.39, 0.29) is 23.6 Å². The number of aromatic nitrogens is 3. The molecule has 0 spiro atoms. The van der Waals surface area contributed by atoms with Crippen LogP contribution in [0.3, 0.4) is 0 Å². The van der Waals surface area contributed by atoms with Gasteiger partial charge in [0.1, 0.15) is 18.2 Å². The maximum atomic E-state index is 12.8. The van der Waals surface area contributed by atoms with Crippen LogP contribution in [-0.4, -0.2) is 14.6 Å². The van der Waals surface area contributed by atoms with Crippen molar-refractivity contribution in [2.45, 2.75) is 6.61 Å². The minimum absolute atomic E-state index is 0.0702. The Labute approximate surface area is 169 Å². The average molecular weight is 411 g/mol. The summed E-state index contributed by atoms with van der Waals surface area (Å²) in [6.07, 6.45) is 1.32. The van der Waals surface area contributed by atoms with Gasteiger partial charge >= 0.3 is 5.56 Å².